The maximum Gasteiger partial charge on any atom is 0.120 e. The van der Waals surface area contributed by atoms with E-state index in [9.17, 15) is 4.79 Å². The Bertz CT molecular complexity index is 160. The molecule has 0 radical (unpaired) electrons. The third-order valence-electron chi connectivity index (χ3n) is 2.76. The van der Waals surface area contributed by atoms with Crippen molar-refractivity contribution < 1.29 is 4.79 Å². The number of carbonyl (C=O) groups excluding carboxylic acids is 1. The summed E-state index contributed by atoms with van der Waals surface area (Å²) < 4.78 is 0. The smallest absolute Gasteiger partial charge is 0.120 e. The van der Waals surface area contributed by atoms with E-state index < -0.39 is 0 Å². The van der Waals surface area contributed by atoms with E-state index in [1.165, 1.54) is 37.7 Å². The molecule has 0 aromatic carbocycles. The average Bonchev–Trinajstić information content (AvgIpc) is 2.05. The number of aldehydes is 1. The maximum atomic E-state index is 10.4. The largest absolute Gasteiger partial charge is 0.303 e. The highest BCUT2D eigenvalue weighted by Gasteiger charge is 2.13. The molecule has 0 spiro atoms. The second kappa shape index (κ2) is 5.13. The minimum absolute atomic E-state index is 0.489. The van der Waals surface area contributed by atoms with E-state index in [1.807, 2.05) is 0 Å². The molecule has 0 aromatic heterocycles. The highest BCUT2D eigenvalue weighted by molar-refractivity contribution is 5.50. The molecule has 0 heterocycles. The molecule has 1 atom stereocenters. The van der Waals surface area contributed by atoms with E-state index in [1.54, 1.807) is 0 Å². The van der Waals surface area contributed by atoms with E-state index in [4.69, 9.17) is 0 Å². The number of carbonyl (C=O) groups is 1. The Balaban J connectivity index is 2.42. The molecule has 0 N–H and O–H groups in total. The zero-order valence-corrected chi connectivity index (χ0v) is 7.72. The molecule has 1 saturated carbocycles. The molecule has 1 rings (SSSR count). The molecule has 0 aliphatic heterocycles. The third-order valence-corrected chi connectivity index (χ3v) is 2.76. The van der Waals surface area contributed by atoms with Gasteiger partial charge in [0.05, 0.1) is 0 Å². The highest BCUT2D eigenvalue weighted by Crippen LogP contribution is 2.27. The molecule has 0 bridgehead atoms. The fraction of sp³-hybridized carbons (Fsp3) is 0.727. The summed E-state index contributed by atoms with van der Waals surface area (Å²) in [6.45, 7) is 4.06. The first-order valence-corrected chi connectivity index (χ1v) is 4.96. The number of rotatable bonds is 2. The third kappa shape index (κ3) is 2.80. The van der Waals surface area contributed by atoms with Crippen LogP contribution in [-0.4, -0.2) is 6.29 Å². The average molecular weight is 166 g/mol. The normalized spacial score (nSPS) is 26.0. The lowest BCUT2D eigenvalue weighted by molar-refractivity contribution is -0.108. The van der Waals surface area contributed by atoms with Gasteiger partial charge in [0.2, 0.25) is 0 Å². The molecule has 1 unspecified atom stereocenters. The van der Waals surface area contributed by atoms with E-state index in [0.29, 0.717) is 12.3 Å². The Morgan fingerprint density at radius 2 is 2.08 bits per heavy atom. The molecule has 0 amide bonds. The van der Waals surface area contributed by atoms with Crippen LogP contribution in [-0.2, 0) is 4.79 Å². The summed E-state index contributed by atoms with van der Waals surface area (Å²) >= 11 is 0. The molecule has 12 heavy (non-hydrogen) atoms. The lowest BCUT2D eigenvalue weighted by atomic mass is 9.86. The highest BCUT2D eigenvalue weighted by atomic mass is 16.1. The lowest BCUT2D eigenvalue weighted by Crippen LogP contribution is -2.07. The van der Waals surface area contributed by atoms with Crippen LogP contribution in [0.5, 0.6) is 0 Å². The molecule has 0 aromatic rings. The van der Waals surface area contributed by atoms with Crippen LogP contribution in [0.4, 0.5) is 0 Å². The van der Waals surface area contributed by atoms with E-state index in [2.05, 4.69) is 6.58 Å². The summed E-state index contributed by atoms with van der Waals surface area (Å²) in [6.07, 6.45) is 9.27. The van der Waals surface area contributed by atoms with Gasteiger partial charge in [-0.25, -0.2) is 0 Å². The molecule has 0 saturated heterocycles. The van der Waals surface area contributed by atoms with Gasteiger partial charge in [0.15, 0.2) is 0 Å². The zero-order chi connectivity index (χ0) is 8.81. The molecular weight excluding hydrogens is 148 g/mol. The standard InChI is InChI=1S/C11H18O/c1-10-6-4-2-3-5-7-11(10)8-9-12/h9,11H,1-8H2. The first kappa shape index (κ1) is 9.50. The van der Waals surface area contributed by atoms with Crippen LogP contribution < -0.4 is 0 Å². The molecule has 1 nitrogen and oxygen atoms in total. The fourth-order valence-corrected chi connectivity index (χ4v) is 1.91. The predicted molar refractivity (Wildman–Crippen MR) is 51.0 cm³/mol. The zero-order valence-electron chi connectivity index (χ0n) is 7.72. The Morgan fingerprint density at radius 1 is 1.33 bits per heavy atom. The maximum absolute atomic E-state index is 10.4. The van der Waals surface area contributed by atoms with Gasteiger partial charge in [0, 0.05) is 6.42 Å². The summed E-state index contributed by atoms with van der Waals surface area (Å²) in [5.41, 5.74) is 1.31. The summed E-state index contributed by atoms with van der Waals surface area (Å²) in [5, 5.41) is 0. The Hall–Kier alpha value is -0.590. The van der Waals surface area contributed by atoms with Crippen molar-refractivity contribution in [3.05, 3.63) is 12.2 Å². The minimum atomic E-state index is 0.489. The predicted octanol–water partition coefficient (Wildman–Crippen LogP) is 3.10. The second-order valence-corrected chi connectivity index (χ2v) is 3.71. The van der Waals surface area contributed by atoms with Gasteiger partial charge >= 0.3 is 0 Å². The van der Waals surface area contributed by atoms with Gasteiger partial charge in [0.1, 0.15) is 6.29 Å². The Labute approximate surface area is 74.9 Å². The molecule has 1 heteroatoms. The van der Waals surface area contributed by atoms with Gasteiger partial charge in [0.25, 0.3) is 0 Å². The van der Waals surface area contributed by atoms with Crippen molar-refractivity contribution in [2.45, 2.75) is 44.9 Å². The summed E-state index contributed by atoms with van der Waals surface area (Å²) in [4.78, 5) is 10.4. The van der Waals surface area contributed by atoms with Crippen LogP contribution in [0.2, 0.25) is 0 Å². The molecule has 1 aliphatic carbocycles. The van der Waals surface area contributed by atoms with E-state index in [0.717, 1.165) is 12.7 Å². The molecule has 1 fully saturated rings. The van der Waals surface area contributed by atoms with Crippen molar-refractivity contribution in [1.82, 2.24) is 0 Å². The minimum Gasteiger partial charge on any atom is -0.303 e. The van der Waals surface area contributed by atoms with Gasteiger partial charge in [-0.2, -0.15) is 0 Å². The topological polar surface area (TPSA) is 17.1 Å². The van der Waals surface area contributed by atoms with Crippen molar-refractivity contribution in [3.8, 4) is 0 Å². The van der Waals surface area contributed by atoms with Crippen molar-refractivity contribution in [2.24, 2.45) is 5.92 Å². The van der Waals surface area contributed by atoms with Crippen LogP contribution in [0.3, 0.4) is 0 Å². The molecule has 68 valence electrons. The van der Waals surface area contributed by atoms with Crippen LogP contribution in [0.1, 0.15) is 44.9 Å². The van der Waals surface area contributed by atoms with Crippen LogP contribution in [0.15, 0.2) is 12.2 Å². The van der Waals surface area contributed by atoms with E-state index in [-0.39, 0.29) is 0 Å². The second-order valence-electron chi connectivity index (χ2n) is 3.71. The van der Waals surface area contributed by atoms with Gasteiger partial charge in [-0.15, -0.1) is 0 Å². The summed E-state index contributed by atoms with van der Waals surface area (Å²) in [5.74, 6) is 0.489. The number of hydrogen-bond donors (Lipinski definition) is 0. The van der Waals surface area contributed by atoms with Crippen molar-refractivity contribution in [3.63, 3.8) is 0 Å². The first-order chi connectivity index (χ1) is 5.84. The molecule has 1 aliphatic rings. The van der Waals surface area contributed by atoms with Gasteiger partial charge in [-0.3, -0.25) is 0 Å². The SMILES string of the molecule is C=C1CCCCCCC1CC=O. The van der Waals surface area contributed by atoms with Crippen LogP contribution >= 0.6 is 0 Å². The van der Waals surface area contributed by atoms with Gasteiger partial charge < -0.3 is 4.79 Å². The quantitative estimate of drug-likeness (QED) is 0.455. The summed E-state index contributed by atoms with van der Waals surface area (Å²) in [7, 11) is 0. The summed E-state index contributed by atoms with van der Waals surface area (Å²) in [6, 6.07) is 0. The Morgan fingerprint density at radius 3 is 2.83 bits per heavy atom. The first-order valence-electron chi connectivity index (χ1n) is 4.96. The fourth-order valence-electron chi connectivity index (χ4n) is 1.91. The Kier molecular flexibility index (Phi) is 4.06. The van der Waals surface area contributed by atoms with Crippen molar-refractivity contribution >= 4 is 6.29 Å². The van der Waals surface area contributed by atoms with Crippen molar-refractivity contribution in [2.75, 3.05) is 0 Å². The van der Waals surface area contributed by atoms with Gasteiger partial charge in [-0.1, -0.05) is 31.4 Å². The van der Waals surface area contributed by atoms with Crippen LogP contribution in [0.25, 0.3) is 0 Å². The monoisotopic (exact) mass is 166 g/mol. The van der Waals surface area contributed by atoms with E-state index >= 15 is 0 Å². The molecular formula is C11H18O. The van der Waals surface area contributed by atoms with Crippen molar-refractivity contribution in [1.29, 1.82) is 0 Å². The number of hydrogen-bond acceptors (Lipinski definition) is 1. The van der Waals surface area contributed by atoms with Crippen LogP contribution in [0, 0.1) is 5.92 Å². The number of allylic oxidation sites excluding steroid dienone is 1. The van der Waals surface area contributed by atoms with Gasteiger partial charge in [-0.05, 0) is 25.2 Å². The lowest BCUT2D eigenvalue weighted by Gasteiger charge is -2.19.